The van der Waals surface area contributed by atoms with E-state index in [-0.39, 0.29) is 16.9 Å². The van der Waals surface area contributed by atoms with Crippen molar-refractivity contribution in [1.29, 1.82) is 0 Å². The molecule has 0 bridgehead atoms. The number of nitrogens with one attached hydrogen (secondary N) is 1. The fraction of sp³-hybridized carbons (Fsp3) is 0.643. The summed E-state index contributed by atoms with van der Waals surface area (Å²) in [5.41, 5.74) is 0. The Bertz CT molecular complexity index is 567. The summed E-state index contributed by atoms with van der Waals surface area (Å²) in [5, 5.41) is 12.6. The molecule has 21 heavy (non-hydrogen) atoms. The van der Waals surface area contributed by atoms with Crippen LogP contribution in [0.1, 0.15) is 26.7 Å². The molecule has 1 aliphatic heterocycles. The number of sulfonamides is 1. The van der Waals surface area contributed by atoms with Gasteiger partial charge in [0.05, 0.1) is 6.10 Å². The van der Waals surface area contributed by atoms with Gasteiger partial charge in [0.15, 0.2) is 0 Å². The van der Waals surface area contributed by atoms with Gasteiger partial charge in [-0.05, 0) is 44.7 Å². The Morgan fingerprint density at radius 2 is 2.14 bits per heavy atom. The zero-order valence-electron chi connectivity index (χ0n) is 12.5. The van der Waals surface area contributed by atoms with Crippen LogP contribution in [0.15, 0.2) is 23.2 Å². The van der Waals surface area contributed by atoms with Crippen molar-refractivity contribution in [3.63, 3.8) is 0 Å². The summed E-state index contributed by atoms with van der Waals surface area (Å²) in [4.78, 5) is 4.34. The smallest absolute Gasteiger partial charge is 0.246 e. The van der Waals surface area contributed by atoms with Gasteiger partial charge >= 0.3 is 0 Å². The highest BCUT2D eigenvalue weighted by molar-refractivity contribution is 7.89. The van der Waals surface area contributed by atoms with Crippen LogP contribution in [-0.2, 0) is 10.0 Å². The first-order valence-corrected chi connectivity index (χ1v) is 8.78. The number of rotatable bonds is 5. The Labute approximate surface area is 126 Å². The van der Waals surface area contributed by atoms with E-state index >= 15 is 0 Å². The predicted molar refractivity (Wildman–Crippen MR) is 81.6 cm³/mol. The first-order chi connectivity index (χ1) is 9.96. The van der Waals surface area contributed by atoms with E-state index in [4.69, 9.17) is 0 Å². The Morgan fingerprint density at radius 3 is 2.71 bits per heavy atom. The quantitative estimate of drug-likeness (QED) is 0.856. The third-order valence-electron chi connectivity index (χ3n) is 3.91. The molecular formula is C14H23N3O3S. The second-order valence-electron chi connectivity index (χ2n) is 5.36. The monoisotopic (exact) mass is 313 g/mol. The average molecular weight is 313 g/mol. The number of pyridine rings is 1. The lowest BCUT2D eigenvalue weighted by Crippen LogP contribution is -2.40. The SMILES string of the molecule is CCNc1ncccc1S(=O)(=O)N1CCC(C(C)O)CC1. The molecule has 1 aromatic heterocycles. The van der Waals surface area contributed by atoms with Crippen molar-refractivity contribution < 1.29 is 13.5 Å². The lowest BCUT2D eigenvalue weighted by atomic mass is 9.93. The highest BCUT2D eigenvalue weighted by Crippen LogP contribution is 2.28. The summed E-state index contributed by atoms with van der Waals surface area (Å²) < 4.78 is 27.0. The number of aromatic nitrogens is 1. The van der Waals surface area contributed by atoms with Gasteiger partial charge in [0, 0.05) is 25.8 Å². The summed E-state index contributed by atoms with van der Waals surface area (Å²) >= 11 is 0. The normalized spacial score (nSPS) is 19.4. The van der Waals surface area contributed by atoms with Crippen LogP contribution < -0.4 is 5.32 Å². The Morgan fingerprint density at radius 1 is 1.48 bits per heavy atom. The van der Waals surface area contributed by atoms with Crippen molar-refractivity contribution in [2.24, 2.45) is 5.92 Å². The minimum Gasteiger partial charge on any atom is -0.393 e. The van der Waals surface area contributed by atoms with Crippen LogP contribution in [-0.4, -0.2) is 48.6 Å². The molecule has 0 aliphatic carbocycles. The summed E-state index contributed by atoms with van der Waals surface area (Å²) in [6, 6.07) is 3.22. The van der Waals surface area contributed by atoms with Gasteiger partial charge in [-0.15, -0.1) is 0 Å². The summed E-state index contributed by atoms with van der Waals surface area (Å²) in [7, 11) is -3.54. The van der Waals surface area contributed by atoms with Crippen molar-refractivity contribution in [2.45, 2.75) is 37.7 Å². The zero-order chi connectivity index (χ0) is 15.5. The van der Waals surface area contributed by atoms with Crippen LogP contribution in [0, 0.1) is 5.92 Å². The first-order valence-electron chi connectivity index (χ1n) is 7.34. The molecule has 0 radical (unpaired) electrons. The van der Waals surface area contributed by atoms with Crippen LogP contribution in [0.4, 0.5) is 5.82 Å². The van der Waals surface area contributed by atoms with Crippen LogP contribution in [0.3, 0.4) is 0 Å². The largest absolute Gasteiger partial charge is 0.393 e. The van der Waals surface area contributed by atoms with Gasteiger partial charge in [-0.25, -0.2) is 13.4 Å². The van der Waals surface area contributed by atoms with Crippen molar-refractivity contribution in [2.75, 3.05) is 25.0 Å². The molecule has 6 nitrogen and oxygen atoms in total. The number of anilines is 1. The summed E-state index contributed by atoms with van der Waals surface area (Å²) in [5.74, 6) is 0.580. The maximum absolute atomic E-state index is 12.7. The van der Waals surface area contributed by atoms with Gasteiger partial charge in [0.2, 0.25) is 10.0 Å². The Hall–Kier alpha value is -1.18. The van der Waals surface area contributed by atoms with E-state index in [2.05, 4.69) is 10.3 Å². The molecule has 1 aliphatic rings. The fourth-order valence-corrected chi connectivity index (χ4v) is 4.23. The van der Waals surface area contributed by atoms with E-state index in [1.165, 1.54) is 4.31 Å². The average Bonchev–Trinajstić information content (AvgIpc) is 2.48. The molecule has 1 atom stereocenters. The van der Waals surface area contributed by atoms with Gasteiger partial charge in [-0.1, -0.05) is 0 Å². The lowest BCUT2D eigenvalue weighted by Gasteiger charge is -2.32. The number of aliphatic hydroxyl groups is 1. The number of nitrogens with zero attached hydrogens (tertiary/aromatic N) is 2. The third kappa shape index (κ3) is 3.53. The second-order valence-corrected chi connectivity index (χ2v) is 7.27. The van der Waals surface area contributed by atoms with Crippen LogP contribution in [0.25, 0.3) is 0 Å². The fourth-order valence-electron chi connectivity index (χ4n) is 2.64. The van der Waals surface area contributed by atoms with Crippen LogP contribution in [0.5, 0.6) is 0 Å². The molecule has 0 spiro atoms. The number of piperidine rings is 1. The van der Waals surface area contributed by atoms with Crippen molar-refractivity contribution in [1.82, 2.24) is 9.29 Å². The van der Waals surface area contributed by atoms with Crippen molar-refractivity contribution >= 4 is 15.8 Å². The van der Waals surface area contributed by atoms with Crippen molar-refractivity contribution in [3.05, 3.63) is 18.3 Å². The van der Waals surface area contributed by atoms with E-state index in [9.17, 15) is 13.5 Å². The van der Waals surface area contributed by atoms with Crippen molar-refractivity contribution in [3.8, 4) is 0 Å². The molecule has 118 valence electrons. The molecule has 1 unspecified atom stereocenters. The Balaban J connectivity index is 2.20. The zero-order valence-corrected chi connectivity index (χ0v) is 13.3. The van der Waals surface area contributed by atoms with Crippen LogP contribution >= 0.6 is 0 Å². The lowest BCUT2D eigenvalue weighted by molar-refractivity contribution is 0.0912. The minimum atomic E-state index is -3.54. The maximum Gasteiger partial charge on any atom is 0.246 e. The number of aliphatic hydroxyl groups excluding tert-OH is 1. The van der Waals surface area contributed by atoms with Gasteiger partial charge in [0.25, 0.3) is 0 Å². The number of hydrogen-bond acceptors (Lipinski definition) is 5. The van der Waals surface area contributed by atoms with Gasteiger partial charge in [-0.2, -0.15) is 4.31 Å². The molecule has 2 rings (SSSR count). The van der Waals surface area contributed by atoms with E-state index in [1.807, 2.05) is 6.92 Å². The molecule has 1 aromatic rings. The highest BCUT2D eigenvalue weighted by Gasteiger charge is 2.32. The minimum absolute atomic E-state index is 0.179. The summed E-state index contributed by atoms with van der Waals surface area (Å²) in [6.07, 6.45) is 2.57. The number of hydrogen-bond donors (Lipinski definition) is 2. The highest BCUT2D eigenvalue weighted by atomic mass is 32.2. The van der Waals surface area contributed by atoms with E-state index in [0.29, 0.717) is 38.3 Å². The maximum atomic E-state index is 12.7. The molecule has 0 amide bonds. The van der Waals surface area contributed by atoms with Crippen LogP contribution in [0.2, 0.25) is 0 Å². The molecule has 0 aromatic carbocycles. The molecule has 7 heteroatoms. The van der Waals surface area contributed by atoms with E-state index < -0.39 is 10.0 Å². The molecule has 1 fully saturated rings. The predicted octanol–water partition coefficient (Wildman–Crippen LogP) is 1.29. The van der Waals surface area contributed by atoms with Gasteiger partial charge in [0.1, 0.15) is 10.7 Å². The standard InChI is InChI=1S/C14H23N3O3S/c1-3-15-14-13(5-4-8-16-14)21(19,20)17-9-6-12(7-10-17)11(2)18/h4-5,8,11-12,18H,3,6-7,9-10H2,1-2H3,(H,15,16). The second kappa shape index (κ2) is 6.72. The molecule has 2 heterocycles. The van der Waals surface area contributed by atoms with E-state index in [0.717, 1.165) is 0 Å². The molecule has 2 N–H and O–H groups in total. The van der Waals surface area contributed by atoms with E-state index in [1.54, 1.807) is 25.3 Å². The Kier molecular flexibility index (Phi) is 5.18. The van der Waals surface area contributed by atoms with Gasteiger partial charge < -0.3 is 10.4 Å². The topological polar surface area (TPSA) is 82.5 Å². The third-order valence-corrected chi connectivity index (χ3v) is 5.84. The van der Waals surface area contributed by atoms with Gasteiger partial charge in [-0.3, -0.25) is 0 Å². The molecular weight excluding hydrogens is 290 g/mol. The summed E-state index contributed by atoms with van der Waals surface area (Å²) in [6.45, 7) is 5.17. The molecule has 1 saturated heterocycles. The molecule has 0 saturated carbocycles. The first kappa shape index (κ1) is 16.2.